The summed E-state index contributed by atoms with van der Waals surface area (Å²) in [6.45, 7) is 0.610. The molecule has 0 atom stereocenters. The van der Waals surface area contributed by atoms with Gasteiger partial charge in [-0.3, -0.25) is 0 Å². The molecule has 1 aromatic carbocycles. The van der Waals surface area contributed by atoms with Crippen LogP contribution in [-0.4, -0.2) is 4.98 Å². The molecule has 4 nitrogen and oxygen atoms in total. The van der Waals surface area contributed by atoms with E-state index in [0.717, 1.165) is 5.56 Å². The van der Waals surface area contributed by atoms with Crippen LogP contribution in [0, 0.1) is 11.3 Å². The number of pyridine rings is 1. The quantitative estimate of drug-likeness (QED) is 0.888. The van der Waals surface area contributed by atoms with Gasteiger partial charge in [-0.25, -0.2) is 4.98 Å². The Balaban J connectivity index is 2.06. The lowest BCUT2D eigenvalue weighted by Gasteiger charge is -2.06. The van der Waals surface area contributed by atoms with Gasteiger partial charge in [0.05, 0.1) is 5.69 Å². The standard InChI is InChI=1S/C13H11ClN4/c14-10-3-1-9(2-4-10)8-17-13-6-5-11(16)12(7-15)18-13/h1-6H,8,16H2,(H,17,18). The summed E-state index contributed by atoms with van der Waals surface area (Å²) in [6, 6.07) is 12.9. The summed E-state index contributed by atoms with van der Waals surface area (Å²) in [4.78, 5) is 4.10. The highest BCUT2D eigenvalue weighted by Crippen LogP contribution is 2.14. The van der Waals surface area contributed by atoms with Crippen molar-refractivity contribution >= 4 is 23.1 Å². The Morgan fingerprint density at radius 1 is 1.22 bits per heavy atom. The van der Waals surface area contributed by atoms with Gasteiger partial charge < -0.3 is 11.1 Å². The largest absolute Gasteiger partial charge is 0.396 e. The SMILES string of the molecule is N#Cc1nc(NCc2ccc(Cl)cc2)ccc1N. The third-order valence-corrected chi connectivity index (χ3v) is 2.67. The zero-order chi connectivity index (χ0) is 13.0. The van der Waals surface area contributed by atoms with E-state index in [2.05, 4.69) is 10.3 Å². The fraction of sp³-hybridized carbons (Fsp3) is 0.0769. The molecule has 0 saturated carbocycles. The second-order valence-electron chi connectivity index (χ2n) is 3.73. The summed E-state index contributed by atoms with van der Waals surface area (Å²) in [5.74, 6) is 0.621. The van der Waals surface area contributed by atoms with Crippen molar-refractivity contribution in [1.29, 1.82) is 5.26 Å². The Morgan fingerprint density at radius 3 is 2.61 bits per heavy atom. The molecule has 3 N–H and O–H groups in total. The maximum Gasteiger partial charge on any atom is 0.165 e. The second kappa shape index (κ2) is 5.39. The molecule has 0 unspecified atom stereocenters. The highest BCUT2D eigenvalue weighted by atomic mass is 35.5. The van der Waals surface area contributed by atoms with Crippen molar-refractivity contribution in [2.45, 2.75) is 6.54 Å². The lowest BCUT2D eigenvalue weighted by atomic mass is 10.2. The van der Waals surface area contributed by atoms with Gasteiger partial charge in [-0.15, -0.1) is 0 Å². The lowest BCUT2D eigenvalue weighted by Crippen LogP contribution is -2.03. The van der Waals surface area contributed by atoms with Crippen molar-refractivity contribution in [3.63, 3.8) is 0 Å². The summed E-state index contributed by atoms with van der Waals surface area (Å²) >= 11 is 5.80. The summed E-state index contributed by atoms with van der Waals surface area (Å²) in [7, 11) is 0. The number of aromatic nitrogens is 1. The highest BCUT2D eigenvalue weighted by molar-refractivity contribution is 6.30. The van der Waals surface area contributed by atoms with Crippen LogP contribution >= 0.6 is 11.6 Å². The number of hydrogen-bond donors (Lipinski definition) is 2. The van der Waals surface area contributed by atoms with Crippen LogP contribution in [0.1, 0.15) is 11.3 Å². The number of anilines is 2. The van der Waals surface area contributed by atoms with Crippen molar-refractivity contribution < 1.29 is 0 Å². The van der Waals surface area contributed by atoms with Crippen LogP contribution in [0.3, 0.4) is 0 Å². The molecule has 1 heterocycles. The maximum absolute atomic E-state index is 8.82. The molecule has 0 bridgehead atoms. The number of nitrogens with one attached hydrogen (secondary N) is 1. The van der Waals surface area contributed by atoms with Gasteiger partial charge in [0, 0.05) is 11.6 Å². The first kappa shape index (κ1) is 12.2. The molecule has 0 saturated heterocycles. The molecule has 0 spiro atoms. The van der Waals surface area contributed by atoms with Gasteiger partial charge in [-0.2, -0.15) is 5.26 Å². The van der Waals surface area contributed by atoms with E-state index < -0.39 is 0 Å². The predicted octanol–water partition coefficient (Wildman–Crippen LogP) is 2.80. The lowest BCUT2D eigenvalue weighted by molar-refractivity contribution is 1.10. The number of nitrogen functional groups attached to an aromatic ring is 1. The summed E-state index contributed by atoms with van der Waals surface area (Å²) < 4.78 is 0. The topological polar surface area (TPSA) is 74.7 Å². The molecule has 18 heavy (non-hydrogen) atoms. The molecule has 0 amide bonds. The van der Waals surface area contributed by atoms with Crippen LogP contribution in [0.5, 0.6) is 0 Å². The van der Waals surface area contributed by atoms with Crippen molar-refractivity contribution in [3.8, 4) is 6.07 Å². The van der Waals surface area contributed by atoms with E-state index >= 15 is 0 Å². The number of nitrogens with zero attached hydrogens (tertiary/aromatic N) is 2. The molecule has 0 fully saturated rings. The van der Waals surface area contributed by atoms with E-state index in [1.807, 2.05) is 30.3 Å². The fourth-order valence-electron chi connectivity index (χ4n) is 1.45. The summed E-state index contributed by atoms with van der Waals surface area (Å²) in [5.41, 5.74) is 7.29. The van der Waals surface area contributed by atoms with E-state index in [0.29, 0.717) is 23.1 Å². The average Bonchev–Trinajstić information content (AvgIpc) is 2.39. The van der Waals surface area contributed by atoms with Gasteiger partial charge >= 0.3 is 0 Å². The molecule has 5 heteroatoms. The van der Waals surface area contributed by atoms with Crippen LogP contribution in [0.25, 0.3) is 0 Å². The monoisotopic (exact) mass is 258 g/mol. The predicted molar refractivity (Wildman–Crippen MR) is 72.1 cm³/mol. The fourth-order valence-corrected chi connectivity index (χ4v) is 1.58. The van der Waals surface area contributed by atoms with Crippen LogP contribution in [0.2, 0.25) is 5.02 Å². The molecule has 0 aliphatic rings. The van der Waals surface area contributed by atoms with Gasteiger partial charge in [0.25, 0.3) is 0 Å². The van der Waals surface area contributed by atoms with Crippen LogP contribution in [0.15, 0.2) is 36.4 Å². The first-order chi connectivity index (χ1) is 8.69. The summed E-state index contributed by atoms with van der Waals surface area (Å²) in [6.07, 6.45) is 0. The number of halogens is 1. The van der Waals surface area contributed by atoms with Crippen molar-refractivity contribution in [1.82, 2.24) is 4.98 Å². The molecule has 0 aliphatic heterocycles. The Hall–Kier alpha value is -2.25. The zero-order valence-electron chi connectivity index (χ0n) is 9.52. The minimum atomic E-state index is 0.233. The summed E-state index contributed by atoms with van der Waals surface area (Å²) in [5, 5.41) is 12.6. The van der Waals surface area contributed by atoms with Gasteiger partial charge in [0.1, 0.15) is 11.9 Å². The maximum atomic E-state index is 8.82. The second-order valence-corrected chi connectivity index (χ2v) is 4.16. The first-order valence-corrected chi connectivity index (χ1v) is 5.72. The number of nitrogens with two attached hydrogens (primary N) is 1. The number of hydrogen-bond acceptors (Lipinski definition) is 4. The Labute approximate surface area is 110 Å². The molecule has 1 aromatic heterocycles. The normalized spacial score (nSPS) is 9.78. The van der Waals surface area contributed by atoms with Gasteiger partial charge in [0.2, 0.25) is 0 Å². The highest BCUT2D eigenvalue weighted by Gasteiger charge is 2.01. The van der Waals surface area contributed by atoms with Crippen LogP contribution in [0.4, 0.5) is 11.5 Å². The van der Waals surface area contributed by atoms with Gasteiger partial charge in [-0.1, -0.05) is 23.7 Å². The minimum Gasteiger partial charge on any atom is -0.396 e. The molecule has 0 aliphatic carbocycles. The van der Waals surface area contributed by atoms with Crippen LogP contribution in [-0.2, 0) is 6.54 Å². The Morgan fingerprint density at radius 2 is 1.94 bits per heavy atom. The molecular formula is C13H11ClN4. The van der Waals surface area contributed by atoms with Crippen LogP contribution < -0.4 is 11.1 Å². The van der Waals surface area contributed by atoms with E-state index in [4.69, 9.17) is 22.6 Å². The number of nitriles is 1. The molecule has 2 aromatic rings. The third kappa shape index (κ3) is 2.90. The smallest absolute Gasteiger partial charge is 0.165 e. The molecular weight excluding hydrogens is 248 g/mol. The first-order valence-electron chi connectivity index (χ1n) is 5.34. The Kier molecular flexibility index (Phi) is 3.66. The zero-order valence-corrected chi connectivity index (χ0v) is 10.3. The number of rotatable bonds is 3. The number of benzene rings is 1. The van der Waals surface area contributed by atoms with Crippen molar-refractivity contribution in [2.75, 3.05) is 11.1 Å². The van der Waals surface area contributed by atoms with Gasteiger partial charge in [0.15, 0.2) is 5.69 Å². The molecule has 90 valence electrons. The van der Waals surface area contributed by atoms with Crippen molar-refractivity contribution in [2.24, 2.45) is 0 Å². The average molecular weight is 259 g/mol. The minimum absolute atomic E-state index is 0.233. The van der Waals surface area contributed by atoms with E-state index in [1.54, 1.807) is 12.1 Å². The van der Waals surface area contributed by atoms with E-state index in [-0.39, 0.29) is 5.69 Å². The molecule has 0 radical (unpaired) electrons. The van der Waals surface area contributed by atoms with E-state index in [1.165, 1.54) is 0 Å². The van der Waals surface area contributed by atoms with E-state index in [9.17, 15) is 0 Å². The van der Waals surface area contributed by atoms with Gasteiger partial charge in [-0.05, 0) is 29.8 Å². The van der Waals surface area contributed by atoms with Crippen molar-refractivity contribution in [3.05, 3.63) is 52.7 Å². The third-order valence-electron chi connectivity index (χ3n) is 2.42. The Bertz CT molecular complexity index is 587. The molecule has 2 rings (SSSR count).